The molecule has 1 heterocycles. The van der Waals surface area contributed by atoms with E-state index in [4.69, 9.17) is 4.74 Å². The van der Waals surface area contributed by atoms with E-state index in [9.17, 15) is 17.6 Å². The van der Waals surface area contributed by atoms with E-state index in [-0.39, 0.29) is 18.8 Å². The Kier molecular flexibility index (Phi) is 7.10. The molecule has 1 fully saturated rings. The molecule has 0 saturated carbocycles. The molecule has 0 radical (unpaired) electrons. The molecule has 1 aliphatic heterocycles. The maximum atomic E-state index is 14.7. The van der Waals surface area contributed by atoms with Gasteiger partial charge in [0.1, 0.15) is 5.82 Å². The van der Waals surface area contributed by atoms with Gasteiger partial charge in [0.15, 0.2) is 0 Å². The third kappa shape index (κ3) is 5.58. The number of amides is 1. The van der Waals surface area contributed by atoms with Crippen molar-refractivity contribution in [2.24, 2.45) is 0 Å². The molecule has 3 rings (SSSR count). The molecule has 0 aromatic heterocycles. The molecular formula is C22H27FN2O4S. The zero-order valence-electron chi connectivity index (χ0n) is 17.2. The summed E-state index contributed by atoms with van der Waals surface area (Å²) in [5, 5.41) is 0. The van der Waals surface area contributed by atoms with Crippen molar-refractivity contribution in [2.75, 3.05) is 19.4 Å². The minimum absolute atomic E-state index is 0.179. The van der Waals surface area contributed by atoms with Gasteiger partial charge in [0.05, 0.1) is 18.9 Å². The number of likely N-dealkylation sites (tertiary alicyclic amines) is 1. The van der Waals surface area contributed by atoms with Gasteiger partial charge in [-0.25, -0.2) is 22.3 Å². The summed E-state index contributed by atoms with van der Waals surface area (Å²) in [6, 6.07) is 13.4. The number of rotatable bonds is 6. The summed E-state index contributed by atoms with van der Waals surface area (Å²) in [6.45, 7) is 2.36. The van der Waals surface area contributed by atoms with Crippen molar-refractivity contribution in [1.82, 2.24) is 9.62 Å². The number of carbonyl (C=O) groups excluding carboxylic acids is 1. The quantitative estimate of drug-likeness (QED) is 0.754. The Hall–Kier alpha value is -2.45. The van der Waals surface area contributed by atoms with E-state index in [1.165, 1.54) is 11.0 Å². The lowest BCUT2D eigenvalue weighted by Crippen LogP contribution is -2.57. The lowest BCUT2D eigenvalue weighted by Gasteiger charge is -2.40. The van der Waals surface area contributed by atoms with Gasteiger partial charge < -0.3 is 9.64 Å². The highest BCUT2D eigenvalue weighted by Gasteiger charge is 2.37. The molecule has 0 aliphatic carbocycles. The summed E-state index contributed by atoms with van der Waals surface area (Å²) in [5.74, 6) is -0.387. The predicted octanol–water partition coefficient (Wildman–Crippen LogP) is 3.57. The minimum Gasteiger partial charge on any atom is -0.450 e. The molecule has 0 bridgehead atoms. The highest BCUT2D eigenvalue weighted by molar-refractivity contribution is 7.88. The Bertz CT molecular complexity index is 982. The number of nitrogens with zero attached hydrogens (tertiary/aromatic N) is 1. The molecule has 1 saturated heterocycles. The molecule has 2 atom stereocenters. The zero-order valence-corrected chi connectivity index (χ0v) is 18.0. The van der Waals surface area contributed by atoms with Crippen molar-refractivity contribution in [3.8, 4) is 11.1 Å². The zero-order chi connectivity index (χ0) is 21.7. The molecule has 1 amide bonds. The van der Waals surface area contributed by atoms with Crippen LogP contribution < -0.4 is 4.72 Å². The molecule has 2 unspecified atom stereocenters. The van der Waals surface area contributed by atoms with Crippen molar-refractivity contribution < 1.29 is 22.3 Å². The maximum absolute atomic E-state index is 14.7. The van der Waals surface area contributed by atoms with E-state index in [0.29, 0.717) is 24.9 Å². The average molecular weight is 435 g/mol. The van der Waals surface area contributed by atoms with Crippen LogP contribution in [0.3, 0.4) is 0 Å². The highest BCUT2D eigenvalue weighted by Crippen LogP contribution is 2.27. The van der Waals surface area contributed by atoms with E-state index in [0.717, 1.165) is 17.4 Å². The second-order valence-corrected chi connectivity index (χ2v) is 9.25. The Morgan fingerprint density at radius 2 is 1.93 bits per heavy atom. The Balaban J connectivity index is 1.94. The van der Waals surface area contributed by atoms with Crippen LogP contribution in [0, 0.1) is 5.82 Å². The molecule has 162 valence electrons. The molecule has 6 nitrogen and oxygen atoms in total. The van der Waals surface area contributed by atoms with Crippen LogP contribution in [-0.4, -0.2) is 50.9 Å². The summed E-state index contributed by atoms with van der Waals surface area (Å²) >= 11 is 0. The molecule has 2 aromatic carbocycles. The van der Waals surface area contributed by atoms with Gasteiger partial charge in [-0.15, -0.1) is 0 Å². The first-order chi connectivity index (χ1) is 14.3. The molecule has 0 spiro atoms. The maximum Gasteiger partial charge on any atom is 0.410 e. The van der Waals surface area contributed by atoms with E-state index in [1.54, 1.807) is 19.1 Å². The summed E-state index contributed by atoms with van der Waals surface area (Å²) in [6.07, 6.45) is 1.95. The van der Waals surface area contributed by atoms with Crippen LogP contribution in [0.25, 0.3) is 11.1 Å². The number of sulfonamides is 1. The first kappa shape index (κ1) is 22.2. The Morgan fingerprint density at radius 3 is 2.60 bits per heavy atom. The monoisotopic (exact) mass is 434 g/mol. The first-order valence-corrected chi connectivity index (χ1v) is 11.9. The second-order valence-electron chi connectivity index (χ2n) is 7.47. The molecule has 8 heteroatoms. The SMILES string of the molecule is CCOC(=O)N1CCCC(NS(C)(=O)=O)C1Cc1cc(-c2ccccc2)ccc1F. The van der Waals surface area contributed by atoms with Crippen molar-refractivity contribution >= 4 is 16.1 Å². The fourth-order valence-corrected chi connectivity index (χ4v) is 4.75. The summed E-state index contributed by atoms with van der Waals surface area (Å²) in [7, 11) is -3.49. The number of halogens is 1. The standard InChI is InChI=1S/C22H27FN2O4S/c1-3-29-22(26)25-13-7-10-20(24-30(2,27)28)21(25)15-18-14-17(11-12-19(18)23)16-8-5-4-6-9-16/h4-6,8-9,11-12,14,20-21,24H,3,7,10,13,15H2,1-2H3. The van der Waals surface area contributed by atoms with E-state index in [2.05, 4.69) is 4.72 Å². The smallest absolute Gasteiger partial charge is 0.410 e. The fraction of sp³-hybridized carbons (Fsp3) is 0.409. The summed E-state index contributed by atoms with van der Waals surface area (Å²) in [5.41, 5.74) is 2.24. The van der Waals surface area contributed by atoms with E-state index < -0.39 is 28.2 Å². The van der Waals surface area contributed by atoms with Crippen molar-refractivity contribution in [3.63, 3.8) is 0 Å². The third-order valence-electron chi connectivity index (χ3n) is 5.23. The van der Waals surface area contributed by atoms with Gasteiger partial charge >= 0.3 is 6.09 Å². The van der Waals surface area contributed by atoms with E-state index >= 15 is 0 Å². The molecule has 1 N–H and O–H groups in total. The normalized spacial score (nSPS) is 19.5. The van der Waals surface area contributed by atoms with Gasteiger partial charge in [0.25, 0.3) is 0 Å². The van der Waals surface area contributed by atoms with Crippen LogP contribution in [0.2, 0.25) is 0 Å². The molecular weight excluding hydrogens is 407 g/mol. The van der Waals surface area contributed by atoms with Gasteiger partial charge in [-0.2, -0.15) is 0 Å². The summed E-state index contributed by atoms with van der Waals surface area (Å²) < 4.78 is 46.3. The van der Waals surface area contributed by atoms with Crippen LogP contribution in [0.4, 0.5) is 9.18 Å². The third-order valence-corrected chi connectivity index (χ3v) is 5.96. The number of piperidine rings is 1. The van der Waals surface area contributed by atoms with Gasteiger partial charge in [0.2, 0.25) is 10.0 Å². The molecule has 30 heavy (non-hydrogen) atoms. The van der Waals surface area contributed by atoms with Crippen molar-refractivity contribution in [2.45, 2.75) is 38.3 Å². The number of hydrogen-bond acceptors (Lipinski definition) is 4. The van der Waals surface area contributed by atoms with Crippen molar-refractivity contribution in [1.29, 1.82) is 0 Å². The second kappa shape index (κ2) is 9.57. The van der Waals surface area contributed by atoms with Crippen molar-refractivity contribution in [3.05, 3.63) is 59.9 Å². The lowest BCUT2D eigenvalue weighted by atomic mass is 9.90. The van der Waals surface area contributed by atoms with Gasteiger partial charge in [-0.3, -0.25) is 0 Å². The summed E-state index contributed by atoms with van der Waals surface area (Å²) in [4.78, 5) is 14.0. The van der Waals surface area contributed by atoms with Crippen LogP contribution >= 0.6 is 0 Å². The number of hydrogen-bond donors (Lipinski definition) is 1. The van der Waals surface area contributed by atoms with Crippen LogP contribution in [0.15, 0.2) is 48.5 Å². The van der Waals surface area contributed by atoms with Gasteiger partial charge in [-0.05, 0) is 55.0 Å². The predicted molar refractivity (Wildman–Crippen MR) is 114 cm³/mol. The fourth-order valence-electron chi connectivity index (χ4n) is 3.92. The van der Waals surface area contributed by atoms with Crippen LogP contribution in [0.5, 0.6) is 0 Å². The largest absolute Gasteiger partial charge is 0.450 e. The highest BCUT2D eigenvalue weighted by atomic mass is 32.2. The lowest BCUT2D eigenvalue weighted by molar-refractivity contribution is 0.0676. The topological polar surface area (TPSA) is 75.7 Å². The van der Waals surface area contributed by atoms with Gasteiger partial charge in [0, 0.05) is 12.6 Å². The Morgan fingerprint density at radius 1 is 1.20 bits per heavy atom. The Labute approximate surface area is 177 Å². The molecule has 2 aromatic rings. The first-order valence-electron chi connectivity index (χ1n) is 10.0. The number of carbonyl (C=O) groups is 1. The number of nitrogens with one attached hydrogen (secondary N) is 1. The number of benzene rings is 2. The average Bonchev–Trinajstić information content (AvgIpc) is 2.70. The van der Waals surface area contributed by atoms with Crippen LogP contribution in [-0.2, 0) is 21.2 Å². The molecule has 1 aliphatic rings. The van der Waals surface area contributed by atoms with E-state index in [1.807, 2.05) is 30.3 Å². The number of ether oxygens (including phenoxy) is 1. The van der Waals surface area contributed by atoms with Gasteiger partial charge in [-0.1, -0.05) is 36.4 Å². The van der Waals surface area contributed by atoms with Crippen LogP contribution in [0.1, 0.15) is 25.3 Å². The minimum atomic E-state index is -3.49.